The van der Waals surface area contributed by atoms with Crippen molar-refractivity contribution >= 4 is 17.6 Å². The van der Waals surface area contributed by atoms with Crippen LogP contribution < -0.4 is 15.4 Å². The molecule has 2 N–H and O–H groups in total. The van der Waals surface area contributed by atoms with Crippen molar-refractivity contribution in [3.05, 3.63) is 59.7 Å². The Bertz CT molecular complexity index is 875. The minimum atomic E-state index is -4.71. The van der Waals surface area contributed by atoms with Crippen molar-refractivity contribution in [2.24, 2.45) is 9.98 Å². The van der Waals surface area contributed by atoms with E-state index in [0.717, 1.165) is 17.5 Å². The molecule has 2 aromatic carbocycles. The molecular formula is C21H23F3N4O2. The number of halogens is 3. The second-order valence-electron chi connectivity index (χ2n) is 6.33. The van der Waals surface area contributed by atoms with Gasteiger partial charge in [-0.25, -0.2) is 9.79 Å². The van der Waals surface area contributed by atoms with E-state index in [2.05, 4.69) is 25.4 Å². The van der Waals surface area contributed by atoms with Gasteiger partial charge in [0.25, 0.3) is 0 Å². The molecule has 0 saturated heterocycles. The van der Waals surface area contributed by atoms with E-state index in [1.54, 1.807) is 13.1 Å². The van der Waals surface area contributed by atoms with Crippen molar-refractivity contribution < 1.29 is 22.7 Å². The number of alkyl halides is 3. The van der Waals surface area contributed by atoms with E-state index >= 15 is 0 Å². The zero-order chi connectivity index (χ0) is 22.0. The molecule has 6 nitrogen and oxygen atoms in total. The summed E-state index contributed by atoms with van der Waals surface area (Å²) in [5.41, 5.74) is 2.59. The van der Waals surface area contributed by atoms with Crippen LogP contribution in [0.25, 0.3) is 0 Å². The summed E-state index contributed by atoms with van der Waals surface area (Å²) in [5, 5.41) is 6.20. The molecule has 0 saturated carbocycles. The first-order chi connectivity index (χ1) is 14.4. The molecule has 0 bridgehead atoms. The summed E-state index contributed by atoms with van der Waals surface area (Å²) in [6, 6.07) is 13.3. The summed E-state index contributed by atoms with van der Waals surface area (Å²) in [4.78, 5) is 18.3. The maximum Gasteiger partial charge on any atom is 0.573 e. The van der Waals surface area contributed by atoms with Crippen LogP contribution in [0.15, 0.2) is 58.5 Å². The fourth-order valence-electron chi connectivity index (χ4n) is 2.85. The Morgan fingerprint density at radius 1 is 1.13 bits per heavy atom. The number of anilines is 1. The van der Waals surface area contributed by atoms with Crippen LogP contribution in [0.2, 0.25) is 0 Å². The van der Waals surface area contributed by atoms with Gasteiger partial charge >= 0.3 is 6.36 Å². The predicted molar refractivity (Wildman–Crippen MR) is 110 cm³/mol. The predicted octanol–water partition coefficient (Wildman–Crippen LogP) is 4.45. The molecule has 1 atom stereocenters. The van der Waals surface area contributed by atoms with Gasteiger partial charge in [-0.2, -0.15) is 0 Å². The van der Waals surface area contributed by atoms with Crippen molar-refractivity contribution in [2.75, 3.05) is 25.6 Å². The fourth-order valence-corrected chi connectivity index (χ4v) is 2.85. The third kappa shape index (κ3) is 7.25. The molecule has 0 spiro atoms. The highest BCUT2D eigenvalue weighted by molar-refractivity contribution is 5.98. The summed E-state index contributed by atoms with van der Waals surface area (Å²) in [6.45, 7) is 2.76. The van der Waals surface area contributed by atoms with Crippen LogP contribution in [0.3, 0.4) is 0 Å². The van der Waals surface area contributed by atoms with E-state index in [0.29, 0.717) is 24.7 Å². The van der Waals surface area contributed by atoms with Gasteiger partial charge in [-0.3, -0.25) is 4.99 Å². The number of aliphatic imine (C=N–C) groups is 2. The largest absolute Gasteiger partial charge is 0.573 e. The zero-order valence-corrected chi connectivity index (χ0v) is 16.7. The van der Waals surface area contributed by atoms with E-state index in [-0.39, 0.29) is 11.7 Å². The van der Waals surface area contributed by atoms with Gasteiger partial charge in [-0.1, -0.05) is 31.2 Å². The van der Waals surface area contributed by atoms with Crippen LogP contribution in [0, 0.1) is 0 Å². The van der Waals surface area contributed by atoms with Crippen molar-refractivity contribution in [3.63, 3.8) is 0 Å². The minimum Gasteiger partial charge on any atom is -0.406 e. The Kier molecular flexibility index (Phi) is 8.43. The topological polar surface area (TPSA) is 75.1 Å². The number of amidine groups is 1. The summed E-state index contributed by atoms with van der Waals surface area (Å²) >= 11 is 0. The lowest BCUT2D eigenvalue weighted by molar-refractivity contribution is -0.274. The van der Waals surface area contributed by atoms with Crippen LogP contribution in [0.5, 0.6) is 5.75 Å². The minimum absolute atomic E-state index is 0.154. The summed E-state index contributed by atoms with van der Waals surface area (Å²) in [5.74, 6) is 0.535. The number of nitrogens with zero attached hydrogens (tertiary/aromatic N) is 2. The van der Waals surface area contributed by atoms with Crippen LogP contribution >= 0.6 is 0 Å². The highest BCUT2D eigenvalue weighted by atomic mass is 19.4. The molecule has 2 rings (SSSR count). The van der Waals surface area contributed by atoms with Crippen LogP contribution in [0.4, 0.5) is 18.9 Å². The second kappa shape index (κ2) is 11.0. The highest BCUT2D eigenvalue weighted by Crippen LogP contribution is 2.24. The van der Waals surface area contributed by atoms with E-state index in [9.17, 15) is 18.0 Å². The quantitative estimate of drug-likeness (QED) is 0.272. The van der Waals surface area contributed by atoms with Gasteiger partial charge in [-0.15, -0.1) is 13.2 Å². The highest BCUT2D eigenvalue weighted by Gasteiger charge is 2.30. The molecule has 160 valence electrons. The third-order valence-corrected chi connectivity index (χ3v) is 4.38. The number of benzene rings is 2. The fraction of sp³-hybridized carbons (Fsp3) is 0.333. The first kappa shape index (κ1) is 23.0. The van der Waals surface area contributed by atoms with Crippen LogP contribution in [-0.4, -0.2) is 38.5 Å². The lowest BCUT2D eigenvalue weighted by Gasteiger charge is -2.15. The van der Waals surface area contributed by atoms with Gasteiger partial charge < -0.3 is 15.4 Å². The smallest absolute Gasteiger partial charge is 0.406 e. The van der Waals surface area contributed by atoms with Gasteiger partial charge in [0.15, 0.2) is 0 Å². The molecule has 2 aromatic rings. The number of isocyanates is 1. The van der Waals surface area contributed by atoms with Gasteiger partial charge in [0.05, 0.1) is 13.2 Å². The molecule has 0 aliphatic heterocycles. The van der Waals surface area contributed by atoms with Crippen molar-refractivity contribution in [1.82, 2.24) is 5.32 Å². The van der Waals surface area contributed by atoms with Crippen LogP contribution in [0.1, 0.15) is 30.4 Å². The van der Waals surface area contributed by atoms with Gasteiger partial charge in [0, 0.05) is 24.2 Å². The summed E-state index contributed by atoms with van der Waals surface area (Å²) in [6.07, 6.45) is -2.28. The normalized spacial score (nSPS) is 12.6. The molecule has 0 aliphatic carbocycles. The van der Waals surface area contributed by atoms with Crippen molar-refractivity contribution in [3.8, 4) is 5.75 Å². The number of ether oxygens (including phenoxy) is 1. The molecular weight excluding hydrogens is 397 g/mol. The lowest BCUT2D eigenvalue weighted by Crippen LogP contribution is -2.29. The van der Waals surface area contributed by atoms with Crippen molar-refractivity contribution in [1.29, 1.82) is 0 Å². The molecule has 0 fully saturated rings. The van der Waals surface area contributed by atoms with E-state index in [1.165, 1.54) is 24.3 Å². The third-order valence-electron chi connectivity index (χ3n) is 4.38. The first-order valence-corrected chi connectivity index (χ1v) is 9.30. The summed E-state index contributed by atoms with van der Waals surface area (Å²) < 4.78 is 40.4. The van der Waals surface area contributed by atoms with Gasteiger partial charge in [-0.05, 0) is 36.2 Å². The van der Waals surface area contributed by atoms with Gasteiger partial charge in [0.2, 0.25) is 6.08 Å². The molecule has 9 heteroatoms. The Morgan fingerprint density at radius 3 is 2.33 bits per heavy atom. The molecule has 0 radical (unpaired) electrons. The number of rotatable bonds is 9. The van der Waals surface area contributed by atoms with E-state index in [4.69, 9.17) is 0 Å². The van der Waals surface area contributed by atoms with Crippen molar-refractivity contribution in [2.45, 2.75) is 25.6 Å². The lowest BCUT2D eigenvalue weighted by atomic mass is 9.95. The number of hydrogen-bond donors (Lipinski definition) is 2. The number of carbonyl (C=O) groups excluding carboxylic acids is 1. The molecule has 0 amide bonds. The van der Waals surface area contributed by atoms with E-state index in [1.807, 2.05) is 31.2 Å². The monoisotopic (exact) mass is 420 g/mol. The second-order valence-corrected chi connectivity index (χ2v) is 6.33. The maximum atomic E-state index is 12.2. The Hall–Kier alpha value is -3.32. The Morgan fingerprint density at radius 2 is 1.80 bits per heavy atom. The number of hydrogen-bond acceptors (Lipinski definition) is 5. The SMILES string of the molecule is CCC(CN=C=O)c1ccc(C(=NC)NCNc2ccc(OC(F)(F)F)cc2)cc1. The first-order valence-electron chi connectivity index (χ1n) is 9.30. The molecule has 30 heavy (non-hydrogen) atoms. The zero-order valence-electron chi connectivity index (χ0n) is 16.7. The summed E-state index contributed by atoms with van der Waals surface area (Å²) in [7, 11) is 1.66. The Balaban J connectivity index is 1.92. The van der Waals surface area contributed by atoms with Gasteiger partial charge in [0.1, 0.15) is 11.6 Å². The average molecular weight is 420 g/mol. The average Bonchev–Trinajstić information content (AvgIpc) is 2.72. The molecule has 0 heterocycles. The molecule has 0 aromatic heterocycles. The maximum absolute atomic E-state index is 12.2. The molecule has 0 aliphatic rings. The Labute approximate surface area is 172 Å². The van der Waals surface area contributed by atoms with E-state index < -0.39 is 6.36 Å². The number of nitrogens with one attached hydrogen (secondary N) is 2. The van der Waals surface area contributed by atoms with Crippen LogP contribution in [-0.2, 0) is 4.79 Å². The standard InChI is InChI=1S/C21H23F3N4O2/c1-3-15(12-26-14-29)16-4-6-17(7-5-16)20(25-2)28-13-27-18-8-10-19(11-9-18)30-21(22,23)24/h4-11,15,27H,3,12-13H2,1-2H3,(H,25,28). The molecule has 1 unspecified atom stereocenters.